The molecule has 0 bridgehead atoms. The predicted molar refractivity (Wildman–Crippen MR) is 129 cm³/mol. The molecule has 1 N–H and O–H groups in total. The molecule has 0 saturated carbocycles. The van der Waals surface area contributed by atoms with Crippen molar-refractivity contribution < 1.29 is 9.53 Å². The van der Waals surface area contributed by atoms with E-state index in [1.54, 1.807) is 0 Å². The van der Waals surface area contributed by atoms with Crippen LogP contribution in [0.25, 0.3) is 10.8 Å². The molecule has 0 aliphatic rings. The number of nitrogens with one attached hydrogen (secondary N) is 1. The Morgan fingerprint density at radius 1 is 1.03 bits per heavy atom. The van der Waals surface area contributed by atoms with E-state index in [0.29, 0.717) is 23.5 Å². The van der Waals surface area contributed by atoms with Crippen molar-refractivity contribution in [3.05, 3.63) is 78.1 Å². The summed E-state index contributed by atoms with van der Waals surface area (Å²) < 4.78 is 7.71. The molecule has 0 fully saturated rings. The van der Waals surface area contributed by atoms with Crippen LogP contribution in [0.1, 0.15) is 31.2 Å². The molecule has 4 aromatic rings. The van der Waals surface area contributed by atoms with Gasteiger partial charge in [-0.2, -0.15) is 0 Å². The molecule has 0 spiro atoms. The van der Waals surface area contributed by atoms with Crippen LogP contribution < -0.4 is 10.1 Å². The summed E-state index contributed by atoms with van der Waals surface area (Å²) >= 11 is 1.35. The summed E-state index contributed by atoms with van der Waals surface area (Å²) in [6.45, 7) is 4.64. The van der Waals surface area contributed by atoms with E-state index in [4.69, 9.17) is 4.74 Å². The van der Waals surface area contributed by atoms with Crippen molar-refractivity contribution in [3.8, 4) is 5.75 Å². The van der Waals surface area contributed by atoms with Gasteiger partial charge in [0.1, 0.15) is 12.4 Å². The lowest BCUT2D eigenvalue weighted by molar-refractivity contribution is -0.113. The molecular formula is C25H26N4O2S. The standard InChI is InChI=1S/C25H26N4O2S/c1-17(2)18-11-13-20(14-12-18)31-15-23-27-28-25(29(23)3)32-16-24(30)26-22-10-6-8-19-7-4-5-9-21(19)22/h4-14,17H,15-16H2,1-3H3,(H,26,30). The molecule has 0 aliphatic carbocycles. The molecule has 0 aliphatic heterocycles. The zero-order chi connectivity index (χ0) is 22.5. The van der Waals surface area contributed by atoms with Gasteiger partial charge in [0, 0.05) is 18.1 Å². The number of ether oxygens (including phenoxy) is 1. The first-order valence-electron chi connectivity index (χ1n) is 10.5. The summed E-state index contributed by atoms with van der Waals surface area (Å²) in [6.07, 6.45) is 0. The molecule has 1 heterocycles. The van der Waals surface area contributed by atoms with Gasteiger partial charge in [0.25, 0.3) is 0 Å². The van der Waals surface area contributed by atoms with Crippen molar-refractivity contribution in [1.29, 1.82) is 0 Å². The van der Waals surface area contributed by atoms with Gasteiger partial charge in [0.05, 0.1) is 5.75 Å². The molecule has 7 heteroatoms. The van der Waals surface area contributed by atoms with E-state index in [2.05, 4.69) is 41.5 Å². The minimum absolute atomic E-state index is 0.0857. The second kappa shape index (κ2) is 9.87. The Kier molecular flexibility index (Phi) is 6.75. The van der Waals surface area contributed by atoms with E-state index >= 15 is 0 Å². The first-order chi connectivity index (χ1) is 15.5. The summed E-state index contributed by atoms with van der Waals surface area (Å²) in [5.41, 5.74) is 2.08. The van der Waals surface area contributed by atoms with E-state index in [1.165, 1.54) is 17.3 Å². The summed E-state index contributed by atoms with van der Waals surface area (Å²) in [6, 6.07) is 22.0. The van der Waals surface area contributed by atoms with Crippen LogP contribution >= 0.6 is 11.8 Å². The number of benzene rings is 3. The largest absolute Gasteiger partial charge is 0.486 e. The van der Waals surface area contributed by atoms with Crippen LogP contribution in [0, 0.1) is 0 Å². The Hall–Kier alpha value is -3.32. The third-order valence-electron chi connectivity index (χ3n) is 5.24. The van der Waals surface area contributed by atoms with E-state index in [0.717, 1.165) is 22.2 Å². The molecule has 32 heavy (non-hydrogen) atoms. The number of carbonyl (C=O) groups excluding carboxylic acids is 1. The van der Waals surface area contributed by atoms with Crippen LogP contribution in [0.3, 0.4) is 0 Å². The fourth-order valence-corrected chi connectivity index (χ4v) is 4.07. The zero-order valence-electron chi connectivity index (χ0n) is 18.4. The summed E-state index contributed by atoms with van der Waals surface area (Å²) in [5, 5.41) is 14.2. The number of hydrogen-bond acceptors (Lipinski definition) is 5. The number of amides is 1. The lowest BCUT2D eigenvalue weighted by atomic mass is 10.0. The Morgan fingerprint density at radius 2 is 1.78 bits per heavy atom. The maximum absolute atomic E-state index is 12.5. The molecule has 1 aromatic heterocycles. The van der Waals surface area contributed by atoms with Gasteiger partial charge < -0.3 is 14.6 Å². The summed E-state index contributed by atoms with van der Waals surface area (Å²) in [4.78, 5) is 12.5. The van der Waals surface area contributed by atoms with Gasteiger partial charge in [0.2, 0.25) is 5.91 Å². The number of fused-ring (bicyclic) bond motifs is 1. The van der Waals surface area contributed by atoms with Crippen LogP contribution in [-0.4, -0.2) is 26.4 Å². The van der Waals surface area contributed by atoms with Crippen LogP contribution in [0.5, 0.6) is 5.75 Å². The number of carbonyl (C=O) groups is 1. The van der Waals surface area contributed by atoms with Crippen molar-refractivity contribution in [2.75, 3.05) is 11.1 Å². The van der Waals surface area contributed by atoms with Gasteiger partial charge in [-0.15, -0.1) is 10.2 Å². The fraction of sp³-hybridized carbons (Fsp3) is 0.240. The van der Waals surface area contributed by atoms with Crippen LogP contribution in [-0.2, 0) is 18.4 Å². The highest BCUT2D eigenvalue weighted by Gasteiger charge is 2.13. The third-order valence-corrected chi connectivity index (χ3v) is 6.26. The van der Waals surface area contributed by atoms with E-state index < -0.39 is 0 Å². The second-order valence-electron chi connectivity index (χ2n) is 7.83. The third kappa shape index (κ3) is 5.11. The fourth-order valence-electron chi connectivity index (χ4n) is 3.34. The quantitative estimate of drug-likeness (QED) is 0.367. The highest BCUT2D eigenvalue weighted by atomic mass is 32.2. The molecule has 0 radical (unpaired) electrons. The van der Waals surface area contributed by atoms with Crippen molar-refractivity contribution in [2.45, 2.75) is 31.5 Å². The highest BCUT2D eigenvalue weighted by molar-refractivity contribution is 7.99. The molecule has 0 unspecified atom stereocenters. The van der Waals surface area contributed by atoms with Gasteiger partial charge in [-0.1, -0.05) is 74.1 Å². The maximum Gasteiger partial charge on any atom is 0.234 e. The Bertz CT molecular complexity index is 1210. The van der Waals surface area contributed by atoms with Gasteiger partial charge >= 0.3 is 0 Å². The molecule has 164 valence electrons. The van der Waals surface area contributed by atoms with E-state index in [9.17, 15) is 4.79 Å². The molecule has 0 atom stereocenters. The number of hydrogen-bond donors (Lipinski definition) is 1. The summed E-state index contributed by atoms with van der Waals surface area (Å²) in [7, 11) is 1.88. The first kappa shape index (κ1) is 21.9. The molecule has 1 amide bonds. The Morgan fingerprint density at radius 3 is 2.56 bits per heavy atom. The molecule has 3 aromatic carbocycles. The monoisotopic (exact) mass is 446 g/mol. The maximum atomic E-state index is 12.5. The predicted octanol–water partition coefficient (Wildman–Crippen LogP) is 5.40. The molecule has 4 rings (SSSR count). The lowest BCUT2D eigenvalue weighted by Crippen LogP contribution is -2.14. The SMILES string of the molecule is CC(C)c1ccc(OCc2nnc(SCC(=O)Nc3cccc4ccccc34)n2C)cc1. The minimum atomic E-state index is -0.0857. The summed E-state index contributed by atoms with van der Waals surface area (Å²) in [5.74, 6) is 2.14. The van der Waals surface area contributed by atoms with E-state index in [-0.39, 0.29) is 11.7 Å². The van der Waals surface area contributed by atoms with Gasteiger partial charge in [-0.25, -0.2) is 0 Å². The second-order valence-corrected chi connectivity index (χ2v) is 8.78. The number of nitrogens with zero attached hydrogens (tertiary/aromatic N) is 3. The number of rotatable bonds is 8. The Labute approximate surface area is 192 Å². The lowest BCUT2D eigenvalue weighted by Gasteiger charge is -2.09. The van der Waals surface area contributed by atoms with Crippen molar-refractivity contribution >= 4 is 34.1 Å². The van der Waals surface area contributed by atoms with Crippen LogP contribution in [0.2, 0.25) is 0 Å². The number of aromatic nitrogens is 3. The highest BCUT2D eigenvalue weighted by Crippen LogP contribution is 2.24. The molecular weight excluding hydrogens is 420 g/mol. The van der Waals surface area contributed by atoms with Crippen molar-refractivity contribution in [1.82, 2.24) is 14.8 Å². The molecule has 0 saturated heterocycles. The van der Waals surface area contributed by atoms with Gasteiger partial charge in [-0.05, 0) is 35.1 Å². The topological polar surface area (TPSA) is 69.0 Å². The van der Waals surface area contributed by atoms with Crippen LogP contribution in [0.4, 0.5) is 5.69 Å². The number of thioether (sulfide) groups is 1. The normalized spacial score (nSPS) is 11.1. The Balaban J connectivity index is 1.33. The average molecular weight is 447 g/mol. The first-order valence-corrected chi connectivity index (χ1v) is 11.5. The van der Waals surface area contributed by atoms with E-state index in [1.807, 2.05) is 66.2 Å². The van der Waals surface area contributed by atoms with Gasteiger partial charge in [-0.3, -0.25) is 4.79 Å². The van der Waals surface area contributed by atoms with Crippen LogP contribution in [0.15, 0.2) is 71.9 Å². The van der Waals surface area contributed by atoms with Gasteiger partial charge in [0.15, 0.2) is 11.0 Å². The zero-order valence-corrected chi connectivity index (χ0v) is 19.2. The van der Waals surface area contributed by atoms with Crippen molar-refractivity contribution in [3.63, 3.8) is 0 Å². The number of anilines is 1. The average Bonchev–Trinajstić information content (AvgIpc) is 3.16. The smallest absolute Gasteiger partial charge is 0.234 e. The minimum Gasteiger partial charge on any atom is -0.486 e. The van der Waals surface area contributed by atoms with Crippen molar-refractivity contribution in [2.24, 2.45) is 7.05 Å². The molecule has 6 nitrogen and oxygen atoms in total.